The zero-order valence-corrected chi connectivity index (χ0v) is 13.8. The fraction of sp³-hybridized carbons (Fsp3) is 0.588. The van der Waals surface area contributed by atoms with Crippen LogP contribution in [0, 0.1) is 0 Å². The first-order valence-corrected chi connectivity index (χ1v) is 8.20. The summed E-state index contributed by atoms with van der Waals surface area (Å²) in [5.74, 6) is 1.78. The highest BCUT2D eigenvalue weighted by molar-refractivity contribution is 6.20. The highest BCUT2D eigenvalue weighted by atomic mass is 35.5. The molecule has 0 saturated heterocycles. The lowest BCUT2D eigenvalue weighted by molar-refractivity contribution is 0.219. The summed E-state index contributed by atoms with van der Waals surface area (Å²) in [4.78, 5) is 4.81. The first-order chi connectivity index (χ1) is 10.1. The summed E-state index contributed by atoms with van der Waals surface area (Å²) in [7, 11) is 1.69. The zero-order valence-electron chi connectivity index (χ0n) is 13.0. The lowest BCUT2D eigenvalue weighted by Gasteiger charge is -2.37. The summed E-state index contributed by atoms with van der Waals surface area (Å²) in [6.45, 7) is 4.34. The van der Waals surface area contributed by atoms with E-state index in [9.17, 15) is 0 Å². The van der Waals surface area contributed by atoms with Gasteiger partial charge in [0.15, 0.2) is 0 Å². The molecular weight excluding hydrogens is 284 g/mol. The maximum Gasteiger partial charge on any atom is 0.146 e. The van der Waals surface area contributed by atoms with Crippen LogP contribution in [0.15, 0.2) is 18.2 Å². The average Bonchev–Trinajstić information content (AvgIpc) is 2.88. The van der Waals surface area contributed by atoms with Gasteiger partial charge in [-0.25, -0.2) is 4.98 Å². The van der Waals surface area contributed by atoms with Gasteiger partial charge in [-0.05, 0) is 38.8 Å². The van der Waals surface area contributed by atoms with Gasteiger partial charge in [0.05, 0.1) is 18.0 Å². The van der Waals surface area contributed by atoms with Gasteiger partial charge in [0.25, 0.3) is 0 Å². The molecule has 1 aliphatic rings. The molecular formula is C17H23ClN2O. The van der Waals surface area contributed by atoms with Crippen molar-refractivity contribution in [1.82, 2.24) is 9.55 Å². The number of fused-ring (bicyclic) bond motifs is 1. The van der Waals surface area contributed by atoms with Gasteiger partial charge in [-0.2, -0.15) is 0 Å². The standard InChI is InChI=1S/C17H23ClN2O/c1-12(18)16-19-15-13(8-7-9-14(15)21-3)20(16)17(2)10-5-4-6-11-17/h7-9,12H,4-6,10-11H2,1-3H3. The molecule has 1 fully saturated rings. The minimum atomic E-state index is -0.110. The van der Waals surface area contributed by atoms with Crippen molar-refractivity contribution in [2.45, 2.75) is 56.9 Å². The van der Waals surface area contributed by atoms with Crippen molar-refractivity contribution in [3.63, 3.8) is 0 Å². The molecule has 114 valence electrons. The molecule has 1 heterocycles. The maximum absolute atomic E-state index is 6.43. The summed E-state index contributed by atoms with van der Waals surface area (Å²) in [6.07, 6.45) is 6.25. The van der Waals surface area contributed by atoms with E-state index in [1.165, 1.54) is 32.1 Å². The normalized spacial score (nSPS) is 19.6. The predicted molar refractivity (Wildman–Crippen MR) is 87.3 cm³/mol. The van der Waals surface area contributed by atoms with E-state index < -0.39 is 0 Å². The summed E-state index contributed by atoms with van der Waals surface area (Å²) >= 11 is 6.43. The monoisotopic (exact) mass is 306 g/mol. The Bertz CT molecular complexity index is 642. The van der Waals surface area contributed by atoms with Gasteiger partial charge in [0, 0.05) is 5.54 Å². The van der Waals surface area contributed by atoms with Crippen LogP contribution in [0.5, 0.6) is 5.75 Å². The Morgan fingerprint density at radius 2 is 2.00 bits per heavy atom. The van der Waals surface area contributed by atoms with Crippen LogP contribution in [0.4, 0.5) is 0 Å². The van der Waals surface area contributed by atoms with Crippen LogP contribution in [-0.2, 0) is 5.54 Å². The van der Waals surface area contributed by atoms with E-state index >= 15 is 0 Å². The Morgan fingerprint density at radius 1 is 1.29 bits per heavy atom. The third kappa shape index (κ3) is 2.42. The van der Waals surface area contributed by atoms with Gasteiger partial charge in [-0.15, -0.1) is 11.6 Å². The largest absolute Gasteiger partial charge is 0.494 e. The lowest BCUT2D eigenvalue weighted by atomic mass is 9.82. The predicted octanol–water partition coefficient (Wildman–Crippen LogP) is 5.02. The molecule has 3 nitrogen and oxygen atoms in total. The number of hydrogen-bond acceptors (Lipinski definition) is 2. The number of imidazole rings is 1. The Kier molecular flexibility index (Phi) is 3.87. The quantitative estimate of drug-likeness (QED) is 0.744. The fourth-order valence-electron chi connectivity index (χ4n) is 3.63. The Hall–Kier alpha value is -1.22. The van der Waals surface area contributed by atoms with E-state index in [0.29, 0.717) is 0 Å². The van der Waals surface area contributed by atoms with Crippen molar-refractivity contribution in [2.24, 2.45) is 0 Å². The molecule has 4 heteroatoms. The van der Waals surface area contributed by atoms with Crippen LogP contribution in [0.3, 0.4) is 0 Å². The highest BCUT2D eigenvalue weighted by Crippen LogP contribution is 2.41. The number of ether oxygens (including phenoxy) is 1. The van der Waals surface area contributed by atoms with E-state index in [0.717, 1.165) is 22.6 Å². The summed E-state index contributed by atoms with van der Waals surface area (Å²) in [5, 5.41) is -0.110. The van der Waals surface area contributed by atoms with Crippen LogP contribution in [0.25, 0.3) is 11.0 Å². The zero-order chi connectivity index (χ0) is 15.0. The Balaban J connectivity index is 2.26. The van der Waals surface area contributed by atoms with E-state index in [4.69, 9.17) is 21.3 Å². The number of methoxy groups -OCH3 is 1. The molecule has 0 N–H and O–H groups in total. The minimum absolute atomic E-state index is 0.109. The van der Waals surface area contributed by atoms with Crippen LogP contribution in [0.1, 0.15) is 57.2 Å². The number of hydrogen-bond donors (Lipinski definition) is 0. The molecule has 0 aliphatic heterocycles. The number of nitrogens with zero attached hydrogens (tertiary/aromatic N) is 2. The molecule has 0 radical (unpaired) electrons. The molecule has 3 rings (SSSR count). The SMILES string of the molecule is COc1cccc2c1nc(C(C)Cl)n2C1(C)CCCCC1. The van der Waals surface area contributed by atoms with Crippen molar-refractivity contribution in [2.75, 3.05) is 7.11 Å². The number of halogens is 1. The van der Waals surface area contributed by atoms with Crippen molar-refractivity contribution in [3.05, 3.63) is 24.0 Å². The molecule has 0 spiro atoms. The molecule has 1 aliphatic carbocycles. The molecule has 0 amide bonds. The van der Waals surface area contributed by atoms with E-state index in [1.54, 1.807) is 7.11 Å². The molecule has 2 aromatic rings. The first kappa shape index (κ1) is 14.7. The van der Waals surface area contributed by atoms with Gasteiger partial charge >= 0.3 is 0 Å². The fourth-order valence-corrected chi connectivity index (χ4v) is 3.77. The molecule has 1 unspecified atom stereocenters. The molecule has 1 aromatic carbocycles. The van der Waals surface area contributed by atoms with Gasteiger partial charge in [0.1, 0.15) is 17.1 Å². The maximum atomic E-state index is 6.43. The number of benzene rings is 1. The molecule has 1 atom stereocenters. The van der Waals surface area contributed by atoms with Gasteiger partial charge in [-0.3, -0.25) is 0 Å². The topological polar surface area (TPSA) is 27.1 Å². The van der Waals surface area contributed by atoms with Crippen molar-refractivity contribution in [3.8, 4) is 5.75 Å². The highest BCUT2D eigenvalue weighted by Gasteiger charge is 2.33. The van der Waals surface area contributed by atoms with Crippen molar-refractivity contribution in [1.29, 1.82) is 0 Å². The second kappa shape index (κ2) is 5.53. The van der Waals surface area contributed by atoms with Gasteiger partial charge in [0.2, 0.25) is 0 Å². The van der Waals surface area contributed by atoms with Gasteiger partial charge < -0.3 is 9.30 Å². The average molecular weight is 307 g/mol. The third-order valence-electron chi connectivity index (χ3n) is 4.72. The van der Waals surface area contributed by atoms with Gasteiger partial charge in [-0.1, -0.05) is 25.3 Å². The molecule has 1 saturated carbocycles. The smallest absolute Gasteiger partial charge is 0.146 e. The van der Waals surface area contributed by atoms with Crippen molar-refractivity contribution >= 4 is 22.6 Å². The number of alkyl halides is 1. The number of para-hydroxylation sites is 1. The molecule has 0 bridgehead atoms. The first-order valence-electron chi connectivity index (χ1n) is 7.77. The summed E-state index contributed by atoms with van der Waals surface area (Å²) in [6, 6.07) is 6.13. The second-order valence-electron chi connectivity index (χ2n) is 6.31. The summed E-state index contributed by atoms with van der Waals surface area (Å²) < 4.78 is 7.85. The second-order valence-corrected chi connectivity index (χ2v) is 6.96. The van der Waals surface area contributed by atoms with Crippen LogP contribution < -0.4 is 4.74 Å². The van der Waals surface area contributed by atoms with E-state index in [2.05, 4.69) is 17.6 Å². The van der Waals surface area contributed by atoms with Crippen molar-refractivity contribution < 1.29 is 4.74 Å². The summed E-state index contributed by atoms with van der Waals surface area (Å²) in [5.41, 5.74) is 2.17. The van der Waals surface area contributed by atoms with Crippen LogP contribution in [-0.4, -0.2) is 16.7 Å². The molecule has 1 aromatic heterocycles. The van der Waals surface area contributed by atoms with E-state index in [-0.39, 0.29) is 10.9 Å². The number of aromatic nitrogens is 2. The minimum Gasteiger partial charge on any atom is -0.494 e. The Labute approximate surface area is 131 Å². The van der Waals surface area contributed by atoms with E-state index in [1.807, 2.05) is 19.1 Å². The lowest BCUT2D eigenvalue weighted by Crippen LogP contribution is -2.34. The Morgan fingerprint density at radius 3 is 2.62 bits per heavy atom. The third-order valence-corrected chi connectivity index (χ3v) is 4.92. The van der Waals surface area contributed by atoms with Crippen LogP contribution >= 0.6 is 11.6 Å². The number of rotatable bonds is 3. The molecule has 21 heavy (non-hydrogen) atoms. The van der Waals surface area contributed by atoms with Crippen LogP contribution in [0.2, 0.25) is 0 Å².